The van der Waals surface area contributed by atoms with Crippen LogP contribution < -0.4 is 14.8 Å². The first-order valence-electron chi connectivity index (χ1n) is 9.46. The van der Waals surface area contributed by atoms with Crippen LogP contribution in [0.15, 0.2) is 78.3 Å². The van der Waals surface area contributed by atoms with E-state index in [9.17, 15) is 13.2 Å². The van der Waals surface area contributed by atoms with Crippen LogP contribution in [0.4, 0.5) is 0 Å². The number of hydrogen-bond acceptors (Lipinski definition) is 5. The highest BCUT2D eigenvalue weighted by Crippen LogP contribution is 2.22. The fourth-order valence-electron chi connectivity index (χ4n) is 2.81. The number of amides is 1. The number of carbonyl (C=O) groups is 1. The first-order valence-corrected chi connectivity index (χ1v) is 10.9. The third kappa shape index (κ3) is 5.43. The van der Waals surface area contributed by atoms with Crippen molar-refractivity contribution < 1.29 is 17.9 Å². The number of para-hydroxylation sites is 1. The van der Waals surface area contributed by atoms with E-state index in [-0.39, 0.29) is 22.9 Å². The Morgan fingerprint density at radius 1 is 1.13 bits per heavy atom. The number of ether oxygens (including phenoxy) is 1. The number of rotatable bonds is 10. The molecule has 0 saturated carbocycles. The van der Waals surface area contributed by atoms with Crippen LogP contribution in [0.25, 0.3) is 10.9 Å². The van der Waals surface area contributed by atoms with Gasteiger partial charge in [0.25, 0.3) is 5.91 Å². The van der Waals surface area contributed by atoms with E-state index in [1.807, 2.05) is 30.3 Å². The molecule has 0 aliphatic carbocycles. The van der Waals surface area contributed by atoms with E-state index in [0.29, 0.717) is 25.3 Å². The second-order valence-corrected chi connectivity index (χ2v) is 8.22. The summed E-state index contributed by atoms with van der Waals surface area (Å²) in [6, 6.07) is 15.5. The van der Waals surface area contributed by atoms with Crippen LogP contribution in [-0.2, 0) is 10.0 Å². The van der Waals surface area contributed by atoms with Crippen LogP contribution in [0, 0.1) is 0 Å². The molecule has 0 unspecified atom stereocenters. The van der Waals surface area contributed by atoms with Gasteiger partial charge in [-0.15, -0.1) is 6.58 Å². The predicted octanol–water partition coefficient (Wildman–Crippen LogP) is 2.90. The van der Waals surface area contributed by atoms with Crippen molar-refractivity contribution in [2.24, 2.45) is 0 Å². The van der Waals surface area contributed by atoms with Crippen molar-refractivity contribution in [3.8, 4) is 5.75 Å². The zero-order valence-electron chi connectivity index (χ0n) is 16.4. The number of nitrogens with one attached hydrogen (secondary N) is 2. The van der Waals surface area contributed by atoms with Crippen molar-refractivity contribution in [2.45, 2.75) is 11.3 Å². The Balaban J connectivity index is 1.51. The summed E-state index contributed by atoms with van der Waals surface area (Å²) in [7, 11) is -3.68. The van der Waals surface area contributed by atoms with E-state index in [1.165, 1.54) is 24.3 Å². The number of nitrogens with zero attached hydrogens (tertiary/aromatic N) is 1. The SMILES string of the molecule is C=CCNS(=O)(=O)c1cccc(C(=O)NCCCOc2cccc3cccnc23)c1. The van der Waals surface area contributed by atoms with Crippen molar-refractivity contribution in [2.75, 3.05) is 19.7 Å². The van der Waals surface area contributed by atoms with Gasteiger partial charge in [0.2, 0.25) is 10.0 Å². The molecule has 0 bridgehead atoms. The van der Waals surface area contributed by atoms with Gasteiger partial charge < -0.3 is 10.1 Å². The van der Waals surface area contributed by atoms with Gasteiger partial charge in [-0.2, -0.15) is 0 Å². The van der Waals surface area contributed by atoms with E-state index >= 15 is 0 Å². The summed E-state index contributed by atoms with van der Waals surface area (Å²) in [4.78, 5) is 16.7. The lowest BCUT2D eigenvalue weighted by Crippen LogP contribution is -2.27. The lowest BCUT2D eigenvalue weighted by molar-refractivity contribution is 0.0951. The molecule has 3 aromatic rings. The molecule has 3 rings (SSSR count). The standard InChI is InChI=1S/C22H23N3O4S/c1-2-12-25-30(27,28)19-10-3-8-18(16-19)22(26)24-14-6-15-29-20-11-4-7-17-9-5-13-23-21(17)20/h2-5,7-11,13,16,25H,1,6,12,14-15H2,(H,24,26). The van der Waals surface area contributed by atoms with Gasteiger partial charge in [0.05, 0.1) is 11.5 Å². The summed E-state index contributed by atoms with van der Waals surface area (Å²) in [6.07, 6.45) is 3.76. The number of aromatic nitrogens is 1. The topological polar surface area (TPSA) is 97.4 Å². The Bertz CT molecular complexity index is 1140. The van der Waals surface area contributed by atoms with Crippen molar-refractivity contribution in [3.05, 3.63) is 79.0 Å². The molecule has 8 heteroatoms. The average Bonchev–Trinajstić information content (AvgIpc) is 2.77. The molecule has 2 N–H and O–H groups in total. The number of pyridine rings is 1. The van der Waals surface area contributed by atoms with Crippen molar-refractivity contribution >= 4 is 26.8 Å². The Hall–Kier alpha value is -3.23. The van der Waals surface area contributed by atoms with Crippen LogP contribution >= 0.6 is 0 Å². The third-order valence-corrected chi connectivity index (χ3v) is 5.71. The molecule has 0 radical (unpaired) electrons. The Kier molecular flexibility index (Phi) is 7.16. The smallest absolute Gasteiger partial charge is 0.251 e. The van der Waals surface area contributed by atoms with Gasteiger partial charge in [0, 0.05) is 30.2 Å². The summed E-state index contributed by atoms with van der Waals surface area (Å²) in [5.74, 6) is 0.354. The molecular formula is C22H23N3O4S. The van der Waals surface area contributed by atoms with Gasteiger partial charge in [-0.1, -0.05) is 30.3 Å². The summed E-state index contributed by atoms with van der Waals surface area (Å²) in [5.41, 5.74) is 1.07. The van der Waals surface area contributed by atoms with Gasteiger partial charge in [0.1, 0.15) is 11.3 Å². The summed E-state index contributed by atoms with van der Waals surface area (Å²) >= 11 is 0. The lowest BCUT2D eigenvalue weighted by Gasteiger charge is -2.10. The van der Waals surface area contributed by atoms with Crippen molar-refractivity contribution in [3.63, 3.8) is 0 Å². The Morgan fingerprint density at radius 3 is 2.77 bits per heavy atom. The molecule has 0 spiro atoms. The minimum absolute atomic E-state index is 0.0313. The average molecular weight is 426 g/mol. The zero-order chi connectivity index (χ0) is 21.4. The number of fused-ring (bicyclic) bond motifs is 1. The maximum atomic E-state index is 12.4. The molecule has 30 heavy (non-hydrogen) atoms. The molecule has 156 valence electrons. The minimum atomic E-state index is -3.68. The first kappa shape index (κ1) is 21.5. The molecule has 1 amide bonds. The number of hydrogen-bond donors (Lipinski definition) is 2. The number of carbonyl (C=O) groups excluding carboxylic acids is 1. The van der Waals surface area contributed by atoms with Gasteiger partial charge in [-0.05, 0) is 36.8 Å². The molecule has 7 nitrogen and oxygen atoms in total. The monoisotopic (exact) mass is 425 g/mol. The van der Waals surface area contributed by atoms with Crippen LogP contribution in [0.2, 0.25) is 0 Å². The van der Waals surface area contributed by atoms with E-state index in [0.717, 1.165) is 10.9 Å². The predicted molar refractivity (Wildman–Crippen MR) is 116 cm³/mol. The fraction of sp³-hybridized carbons (Fsp3) is 0.182. The largest absolute Gasteiger partial charge is 0.491 e. The van der Waals surface area contributed by atoms with Crippen LogP contribution in [0.3, 0.4) is 0 Å². The minimum Gasteiger partial charge on any atom is -0.491 e. The lowest BCUT2D eigenvalue weighted by atomic mass is 10.2. The molecule has 0 fully saturated rings. The normalized spacial score (nSPS) is 11.2. The van der Waals surface area contributed by atoms with Gasteiger partial charge in [0.15, 0.2) is 0 Å². The quantitative estimate of drug-likeness (QED) is 0.385. The summed E-state index contributed by atoms with van der Waals surface area (Å²) in [6.45, 7) is 4.40. The van der Waals surface area contributed by atoms with Gasteiger partial charge in [-0.25, -0.2) is 13.1 Å². The molecule has 1 heterocycles. The highest BCUT2D eigenvalue weighted by Gasteiger charge is 2.15. The fourth-order valence-corrected chi connectivity index (χ4v) is 3.85. The zero-order valence-corrected chi connectivity index (χ0v) is 17.2. The van der Waals surface area contributed by atoms with Crippen LogP contribution in [0.1, 0.15) is 16.8 Å². The first-order chi connectivity index (χ1) is 14.5. The molecule has 1 aromatic heterocycles. The van der Waals surface area contributed by atoms with Crippen molar-refractivity contribution in [1.82, 2.24) is 15.0 Å². The van der Waals surface area contributed by atoms with E-state index in [1.54, 1.807) is 12.3 Å². The highest BCUT2D eigenvalue weighted by atomic mass is 32.2. The second-order valence-electron chi connectivity index (χ2n) is 6.46. The molecule has 0 aliphatic rings. The molecule has 0 atom stereocenters. The third-order valence-electron chi connectivity index (χ3n) is 4.28. The van der Waals surface area contributed by atoms with E-state index in [2.05, 4.69) is 21.6 Å². The summed E-state index contributed by atoms with van der Waals surface area (Å²) in [5, 5.41) is 3.78. The molecule has 0 aliphatic heterocycles. The maximum Gasteiger partial charge on any atom is 0.251 e. The highest BCUT2D eigenvalue weighted by molar-refractivity contribution is 7.89. The number of benzene rings is 2. The molecular weight excluding hydrogens is 402 g/mol. The van der Waals surface area contributed by atoms with E-state index in [4.69, 9.17) is 4.74 Å². The molecule has 2 aromatic carbocycles. The van der Waals surface area contributed by atoms with Gasteiger partial charge in [-0.3, -0.25) is 9.78 Å². The Morgan fingerprint density at radius 2 is 1.93 bits per heavy atom. The van der Waals surface area contributed by atoms with Gasteiger partial charge >= 0.3 is 0 Å². The Labute approximate surface area is 175 Å². The van der Waals surface area contributed by atoms with Crippen LogP contribution in [0.5, 0.6) is 5.75 Å². The second kappa shape index (κ2) is 10.00. The van der Waals surface area contributed by atoms with Crippen LogP contribution in [-0.4, -0.2) is 39.0 Å². The van der Waals surface area contributed by atoms with Crippen molar-refractivity contribution in [1.29, 1.82) is 0 Å². The number of sulfonamides is 1. The summed E-state index contributed by atoms with van der Waals surface area (Å²) < 4.78 is 32.5. The maximum absolute atomic E-state index is 12.4. The molecule has 0 saturated heterocycles. The van der Waals surface area contributed by atoms with E-state index < -0.39 is 10.0 Å².